The Kier molecular flexibility index (Phi) is 5.83. The van der Waals surface area contributed by atoms with Gasteiger partial charge in [-0.15, -0.1) is 0 Å². The molecule has 0 atom stereocenters. The molecule has 1 fully saturated rings. The van der Waals surface area contributed by atoms with Crippen LogP contribution in [0.4, 0.5) is 5.69 Å². The summed E-state index contributed by atoms with van der Waals surface area (Å²) in [4.78, 5) is 15.2. The lowest BCUT2D eigenvalue weighted by atomic mass is 10.2. The molecule has 146 valence electrons. The molecule has 27 heavy (non-hydrogen) atoms. The molecular formula is C18H24N3O5S+. The fourth-order valence-corrected chi connectivity index (χ4v) is 3.84. The zero-order valence-electron chi connectivity index (χ0n) is 15.4. The van der Waals surface area contributed by atoms with Gasteiger partial charge in [0.1, 0.15) is 0 Å². The normalized spacial score (nSPS) is 15.7. The van der Waals surface area contributed by atoms with E-state index in [-0.39, 0.29) is 17.4 Å². The van der Waals surface area contributed by atoms with Crippen LogP contribution in [0.1, 0.15) is 16.1 Å². The SMILES string of the molecule is COC(=O)c1ccc(S(=O)(=O)NCc2ccc(N3CC[NH+](C)CC3)cc2)o1. The molecule has 0 bridgehead atoms. The molecule has 2 N–H and O–H groups in total. The lowest BCUT2D eigenvalue weighted by molar-refractivity contribution is -0.880. The number of nitrogens with one attached hydrogen (secondary N) is 2. The number of esters is 1. The van der Waals surface area contributed by atoms with Gasteiger partial charge in [-0.1, -0.05) is 12.1 Å². The summed E-state index contributed by atoms with van der Waals surface area (Å²) in [5.41, 5.74) is 1.98. The van der Waals surface area contributed by atoms with Crippen LogP contribution < -0.4 is 14.5 Å². The second kappa shape index (κ2) is 8.12. The number of likely N-dealkylation sites (N-methyl/N-ethyl adjacent to an activating group) is 1. The van der Waals surface area contributed by atoms with Gasteiger partial charge in [0.15, 0.2) is 0 Å². The Hall–Kier alpha value is -2.36. The van der Waals surface area contributed by atoms with Crippen LogP contribution in [0.15, 0.2) is 45.9 Å². The van der Waals surface area contributed by atoms with Gasteiger partial charge in [-0.2, -0.15) is 0 Å². The van der Waals surface area contributed by atoms with Crippen molar-refractivity contribution in [1.82, 2.24) is 4.72 Å². The number of furan rings is 1. The summed E-state index contributed by atoms with van der Waals surface area (Å²) in [5, 5.41) is -0.320. The minimum atomic E-state index is -3.85. The van der Waals surface area contributed by atoms with Gasteiger partial charge in [0.05, 0.1) is 40.3 Å². The molecule has 0 spiro atoms. The average molecular weight is 394 g/mol. The molecule has 0 amide bonds. The summed E-state index contributed by atoms with van der Waals surface area (Å²) in [6.45, 7) is 4.37. The number of benzene rings is 1. The summed E-state index contributed by atoms with van der Waals surface area (Å²) >= 11 is 0. The van der Waals surface area contributed by atoms with Crippen molar-refractivity contribution in [3.63, 3.8) is 0 Å². The Bertz CT molecular complexity index is 884. The molecule has 1 aliphatic rings. The predicted octanol–water partition coefficient (Wildman–Crippen LogP) is -0.121. The number of quaternary nitrogens is 1. The second-order valence-corrected chi connectivity index (χ2v) is 8.24. The lowest BCUT2D eigenvalue weighted by Gasteiger charge is -2.31. The maximum atomic E-state index is 12.3. The third kappa shape index (κ3) is 4.68. The van der Waals surface area contributed by atoms with E-state index in [0.717, 1.165) is 37.4 Å². The van der Waals surface area contributed by atoms with E-state index in [4.69, 9.17) is 4.42 Å². The van der Waals surface area contributed by atoms with Crippen molar-refractivity contribution in [2.24, 2.45) is 0 Å². The highest BCUT2D eigenvalue weighted by Gasteiger charge is 2.21. The first-order chi connectivity index (χ1) is 12.9. The zero-order valence-corrected chi connectivity index (χ0v) is 16.2. The van der Waals surface area contributed by atoms with E-state index in [1.54, 1.807) is 0 Å². The first kappa shape index (κ1) is 19.4. The number of ether oxygens (including phenoxy) is 1. The van der Waals surface area contributed by atoms with Crippen LogP contribution in [-0.2, 0) is 21.3 Å². The maximum Gasteiger partial charge on any atom is 0.374 e. The Labute approximate surface area is 158 Å². The predicted molar refractivity (Wildman–Crippen MR) is 99.3 cm³/mol. The minimum absolute atomic E-state index is 0.129. The van der Waals surface area contributed by atoms with Crippen molar-refractivity contribution in [3.05, 3.63) is 47.7 Å². The van der Waals surface area contributed by atoms with Gasteiger partial charge in [0, 0.05) is 12.2 Å². The molecule has 3 rings (SSSR count). The zero-order chi connectivity index (χ0) is 19.4. The van der Waals surface area contributed by atoms with Crippen LogP contribution >= 0.6 is 0 Å². The van der Waals surface area contributed by atoms with Gasteiger partial charge in [-0.05, 0) is 29.8 Å². The quantitative estimate of drug-likeness (QED) is 0.664. The Morgan fingerprint density at radius 1 is 1.19 bits per heavy atom. The molecular weight excluding hydrogens is 370 g/mol. The fraction of sp³-hybridized carbons (Fsp3) is 0.389. The molecule has 1 saturated heterocycles. The van der Waals surface area contributed by atoms with E-state index in [9.17, 15) is 13.2 Å². The Balaban J connectivity index is 1.60. The Morgan fingerprint density at radius 2 is 1.85 bits per heavy atom. The molecule has 8 nitrogen and oxygen atoms in total. The van der Waals surface area contributed by atoms with Crippen molar-refractivity contribution in [2.75, 3.05) is 45.2 Å². The van der Waals surface area contributed by atoms with Gasteiger partial charge in [-0.25, -0.2) is 17.9 Å². The number of anilines is 1. The number of carbonyl (C=O) groups is 1. The van der Waals surface area contributed by atoms with Crippen LogP contribution in [0.25, 0.3) is 0 Å². The number of piperazine rings is 1. The van der Waals surface area contributed by atoms with Gasteiger partial charge < -0.3 is 19.0 Å². The smallest absolute Gasteiger partial charge is 0.374 e. The molecule has 0 saturated carbocycles. The third-order valence-corrected chi connectivity index (χ3v) is 5.89. The molecule has 1 aromatic carbocycles. The standard InChI is InChI=1S/C18H23N3O5S/c1-20-9-11-21(12-10-20)15-5-3-14(4-6-15)13-19-27(23,24)17-8-7-16(26-17)18(22)25-2/h3-8,19H,9-13H2,1-2H3/p+1. The number of nitrogens with zero attached hydrogens (tertiary/aromatic N) is 1. The van der Waals surface area contributed by atoms with Crippen molar-refractivity contribution >= 4 is 21.7 Å². The van der Waals surface area contributed by atoms with E-state index in [1.165, 1.54) is 24.1 Å². The summed E-state index contributed by atoms with van der Waals surface area (Å²) in [5.74, 6) is -0.881. The van der Waals surface area contributed by atoms with Crippen molar-refractivity contribution in [3.8, 4) is 0 Å². The molecule has 2 heterocycles. The molecule has 0 radical (unpaired) electrons. The van der Waals surface area contributed by atoms with E-state index in [2.05, 4.69) is 21.4 Å². The summed E-state index contributed by atoms with van der Waals surface area (Å²) < 4.78 is 36.7. The largest absolute Gasteiger partial charge is 0.463 e. The van der Waals surface area contributed by atoms with Crippen molar-refractivity contribution < 1.29 is 27.3 Å². The highest BCUT2D eigenvalue weighted by molar-refractivity contribution is 7.89. The molecule has 2 aromatic rings. The highest BCUT2D eigenvalue weighted by Crippen LogP contribution is 2.17. The summed E-state index contributed by atoms with van der Waals surface area (Å²) in [6.07, 6.45) is 0. The third-order valence-electron chi connectivity index (χ3n) is 4.62. The van der Waals surface area contributed by atoms with Gasteiger partial charge in [-0.3, -0.25) is 0 Å². The number of methoxy groups -OCH3 is 1. The molecule has 1 aromatic heterocycles. The van der Waals surface area contributed by atoms with E-state index in [1.807, 2.05) is 24.3 Å². The number of hydrogen-bond acceptors (Lipinski definition) is 6. The van der Waals surface area contributed by atoms with Gasteiger partial charge in [0.25, 0.3) is 10.0 Å². The maximum absolute atomic E-state index is 12.3. The highest BCUT2D eigenvalue weighted by atomic mass is 32.2. The van der Waals surface area contributed by atoms with E-state index in [0.29, 0.717) is 0 Å². The van der Waals surface area contributed by atoms with Crippen molar-refractivity contribution in [2.45, 2.75) is 11.6 Å². The van der Waals surface area contributed by atoms with Crippen LogP contribution in [0.5, 0.6) is 0 Å². The lowest BCUT2D eigenvalue weighted by Crippen LogP contribution is -3.12. The Morgan fingerprint density at radius 3 is 2.48 bits per heavy atom. The van der Waals surface area contributed by atoms with E-state index >= 15 is 0 Å². The first-order valence-corrected chi connectivity index (χ1v) is 10.2. The average Bonchev–Trinajstić information content (AvgIpc) is 3.18. The van der Waals surface area contributed by atoms with Crippen LogP contribution in [0.2, 0.25) is 0 Å². The van der Waals surface area contributed by atoms with Crippen LogP contribution in [0.3, 0.4) is 0 Å². The fourth-order valence-electron chi connectivity index (χ4n) is 2.90. The van der Waals surface area contributed by atoms with Crippen LogP contribution in [0, 0.1) is 0 Å². The van der Waals surface area contributed by atoms with Crippen molar-refractivity contribution in [1.29, 1.82) is 0 Å². The number of hydrogen-bond donors (Lipinski definition) is 2. The molecule has 9 heteroatoms. The topological polar surface area (TPSA) is 93.3 Å². The summed E-state index contributed by atoms with van der Waals surface area (Å²) in [7, 11) is -0.461. The number of rotatable bonds is 6. The molecule has 0 unspecified atom stereocenters. The molecule has 0 aliphatic carbocycles. The van der Waals surface area contributed by atoms with Gasteiger partial charge >= 0.3 is 5.97 Å². The molecule has 1 aliphatic heterocycles. The monoisotopic (exact) mass is 394 g/mol. The number of carbonyl (C=O) groups excluding carboxylic acids is 1. The summed E-state index contributed by atoms with van der Waals surface area (Å²) in [6, 6.07) is 10.3. The van der Waals surface area contributed by atoms with E-state index < -0.39 is 16.0 Å². The minimum Gasteiger partial charge on any atom is -0.463 e. The first-order valence-electron chi connectivity index (χ1n) is 8.72. The number of sulfonamides is 1. The van der Waals surface area contributed by atoms with Gasteiger partial charge in [0.2, 0.25) is 10.9 Å². The second-order valence-electron chi connectivity index (χ2n) is 6.55. The van der Waals surface area contributed by atoms with Crippen LogP contribution in [-0.4, -0.2) is 54.7 Å².